The van der Waals surface area contributed by atoms with Crippen molar-refractivity contribution in [3.8, 4) is 0 Å². The summed E-state index contributed by atoms with van der Waals surface area (Å²) in [6, 6.07) is 6.09. The van der Waals surface area contributed by atoms with Gasteiger partial charge in [0.05, 0.1) is 0 Å². The van der Waals surface area contributed by atoms with Gasteiger partial charge in [-0.05, 0) is 37.3 Å². The number of carbonyl (C=O) groups is 4. The number of nitrogens with zero attached hydrogens (tertiary/aromatic N) is 1. The Labute approximate surface area is 171 Å². The van der Waals surface area contributed by atoms with E-state index in [1.54, 1.807) is 13.8 Å². The number of nitrogens with one attached hydrogen (secondary N) is 3. The summed E-state index contributed by atoms with van der Waals surface area (Å²) in [5.74, 6) is -1.04. The Bertz CT molecular complexity index is 790. The van der Waals surface area contributed by atoms with Gasteiger partial charge in [0.25, 0.3) is 5.91 Å². The number of imide groups is 1. The van der Waals surface area contributed by atoms with Crippen molar-refractivity contribution in [2.45, 2.75) is 58.5 Å². The monoisotopic (exact) mass is 402 g/mol. The molecule has 3 N–H and O–H groups in total. The van der Waals surface area contributed by atoms with Gasteiger partial charge >= 0.3 is 6.03 Å². The van der Waals surface area contributed by atoms with Crippen molar-refractivity contribution < 1.29 is 19.2 Å². The van der Waals surface area contributed by atoms with Crippen molar-refractivity contribution in [1.29, 1.82) is 0 Å². The quantitative estimate of drug-likeness (QED) is 0.574. The van der Waals surface area contributed by atoms with Crippen molar-refractivity contribution in [2.24, 2.45) is 0 Å². The van der Waals surface area contributed by atoms with Gasteiger partial charge in [0.1, 0.15) is 18.1 Å². The minimum Gasteiger partial charge on any atom is -0.354 e. The van der Waals surface area contributed by atoms with Crippen LogP contribution in [0, 0.1) is 0 Å². The van der Waals surface area contributed by atoms with Gasteiger partial charge < -0.3 is 16.0 Å². The summed E-state index contributed by atoms with van der Waals surface area (Å²) in [4.78, 5) is 50.4. The second kappa shape index (κ2) is 9.07. The summed E-state index contributed by atoms with van der Waals surface area (Å²) in [6.45, 7) is 9.31. The highest BCUT2D eigenvalue weighted by molar-refractivity contribution is 6.09. The molecule has 1 aliphatic heterocycles. The molecular formula is C21H30N4O4. The van der Waals surface area contributed by atoms with Crippen LogP contribution in [0.1, 0.15) is 58.1 Å². The predicted octanol–water partition coefficient (Wildman–Crippen LogP) is 1.61. The van der Waals surface area contributed by atoms with Gasteiger partial charge in [0, 0.05) is 6.54 Å². The fourth-order valence-electron chi connectivity index (χ4n) is 3.14. The number of urea groups is 1. The highest BCUT2D eigenvalue weighted by Crippen LogP contribution is 2.29. The third-order valence-electron chi connectivity index (χ3n) is 5.05. The SMILES string of the molecule is CCCNC(=O)[C@@H](C)NC(=O)CN1C(=O)N[C@@](C)(c2ccc(C(C)C)cc2)C1=O. The molecule has 1 heterocycles. The lowest BCUT2D eigenvalue weighted by Crippen LogP contribution is -2.49. The van der Waals surface area contributed by atoms with Crippen LogP contribution in [0.5, 0.6) is 0 Å². The van der Waals surface area contributed by atoms with Gasteiger partial charge in [-0.15, -0.1) is 0 Å². The topological polar surface area (TPSA) is 108 Å². The van der Waals surface area contributed by atoms with E-state index in [9.17, 15) is 19.2 Å². The number of rotatable bonds is 8. The zero-order valence-electron chi connectivity index (χ0n) is 17.7. The highest BCUT2D eigenvalue weighted by Gasteiger charge is 2.49. The van der Waals surface area contributed by atoms with Crippen molar-refractivity contribution in [1.82, 2.24) is 20.9 Å². The zero-order chi connectivity index (χ0) is 21.8. The smallest absolute Gasteiger partial charge is 0.325 e. The molecule has 0 spiro atoms. The molecule has 0 unspecified atom stereocenters. The second-order valence-electron chi connectivity index (χ2n) is 7.80. The van der Waals surface area contributed by atoms with Gasteiger partial charge in [0.2, 0.25) is 11.8 Å². The lowest BCUT2D eigenvalue weighted by Gasteiger charge is -2.23. The first-order chi connectivity index (χ1) is 13.6. The zero-order valence-corrected chi connectivity index (χ0v) is 17.7. The molecule has 1 aromatic carbocycles. The standard InChI is InChI=1S/C21H30N4O4/c1-6-11-22-18(27)14(4)23-17(26)12-25-19(28)21(5,24-20(25)29)16-9-7-15(8-10-16)13(2)3/h7-10,13-14H,6,11-12H2,1-5H3,(H,22,27)(H,23,26)(H,24,29)/t14-,21+/m1/s1. The number of hydrogen-bond acceptors (Lipinski definition) is 4. The van der Waals surface area contributed by atoms with E-state index >= 15 is 0 Å². The Balaban J connectivity index is 2.06. The molecule has 0 bridgehead atoms. The van der Waals surface area contributed by atoms with Gasteiger partial charge in [0.15, 0.2) is 0 Å². The van der Waals surface area contributed by atoms with Crippen molar-refractivity contribution in [2.75, 3.05) is 13.1 Å². The van der Waals surface area contributed by atoms with Crippen LogP contribution in [-0.2, 0) is 19.9 Å². The molecule has 0 aromatic heterocycles. The number of carbonyl (C=O) groups excluding carboxylic acids is 4. The first kappa shape index (κ1) is 22.4. The third-order valence-corrected chi connectivity index (χ3v) is 5.05. The molecule has 29 heavy (non-hydrogen) atoms. The van der Waals surface area contributed by atoms with Gasteiger partial charge in [-0.1, -0.05) is 45.0 Å². The second-order valence-corrected chi connectivity index (χ2v) is 7.80. The van der Waals surface area contributed by atoms with Crippen LogP contribution in [-0.4, -0.2) is 47.8 Å². The van der Waals surface area contributed by atoms with Crippen LogP contribution < -0.4 is 16.0 Å². The van der Waals surface area contributed by atoms with E-state index in [0.717, 1.165) is 16.9 Å². The Morgan fingerprint density at radius 1 is 1.14 bits per heavy atom. The van der Waals surface area contributed by atoms with E-state index in [1.165, 1.54) is 0 Å². The summed E-state index contributed by atoms with van der Waals surface area (Å²) in [5, 5.41) is 7.88. The molecule has 158 valence electrons. The van der Waals surface area contributed by atoms with Gasteiger partial charge in [-0.3, -0.25) is 19.3 Å². The van der Waals surface area contributed by atoms with E-state index in [0.29, 0.717) is 18.0 Å². The van der Waals surface area contributed by atoms with Crippen molar-refractivity contribution in [3.05, 3.63) is 35.4 Å². The fraction of sp³-hybridized carbons (Fsp3) is 0.524. The fourth-order valence-corrected chi connectivity index (χ4v) is 3.14. The molecule has 0 radical (unpaired) electrons. The van der Waals surface area contributed by atoms with Crippen molar-refractivity contribution >= 4 is 23.8 Å². The summed E-state index contributed by atoms with van der Waals surface area (Å²) >= 11 is 0. The minimum atomic E-state index is -1.24. The van der Waals surface area contributed by atoms with E-state index in [2.05, 4.69) is 29.8 Å². The van der Waals surface area contributed by atoms with Crippen LogP contribution in [0.4, 0.5) is 4.79 Å². The highest BCUT2D eigenvalue weighted by atomic mass is 16.2. The lowest BCUT2D eigenvalue weighted by molar-refractivity contribution is -0.135. The Morgan fingerprint density at radius 2 is 1.76 bits per heavy atom. The Kier molecular flexibility index (Phi) is 7.00. The molecule has 2 atom stereocenters. The largest absolute Gasteiger partial charge is 0.354 e. The molecule has 8 nitrogen and oxygen atoms in total. The summed E-state index contributed by atoms with van der Waals surface area (Å²) < 4.78 is 0. The van der Waals surface area contributed by atoms with Crippen LogP contribution in [0.3, 0.4) is 0 Å². The van der Waals surface area contributed by atoms with Crippen LogP contribution >= 0.6 is 0 Å². The third kappa shape index (κ3) is 4.93. The lowest BCUT2D eigenvalue weighted by atomic mass is 9.90. The number of amides is 5. The maximum absolute atomic E-state index is 12.9. The summed E-state index contributed by atoms with van der Waals surface area (Å²) in [6.07, 6.45) is 0.783. The summed E-state index contributed by atoms with van der Waals surface area (Å²) in [7, 11) is 0. The number of benzene rings is 1. The first-order valence-corrected chi connectivity index (χ1v) is 9.91. The molecule has 2 rings (SSSR count). The van der Waals surface area contributed by atoms with E-state index < -0.39 is 36.0 Å². The average molecular weight is 402 g/mol. The van der Waals surface area contributed by atoms with Crippen LogP contribution in [0.25, 0.3) is 0 Å². The van der Waals surface area contributed by atoms with E-state index in [4.69, 9.17) is 0 Å². The number of hydrogen-bond donors (Lipinski definition) is 3. The van der Waals surface area contributed by atoms with Crippen molar-refractivity contribution in [3.63, 3.8) is 0 Å². The Hall–Kier alpha value is -2.90. The molecule has 1 aliphatic rings. The minimum absolute atomic E-state index is 0.313. The van der Waals surface area contributed by atoms with Crippen LogP contribution in [0.2, 0.25) is 0 Å². The predicted molar refractivity (Wildman–Crippen MR) is 109 cm³/mol. The molecule has 1 fully saturated rings. The van der Waals surface area contributed by atoms with Crippen LogP contribution in [0.15, 0.2) is 24.3 Å². The van der Waals surface area contributed by atoms with E-state index in [-0.39, 0.29) is 5.91 Å². The molecule has 0 aliphatic carbocycles. The normalized spacial score (nSPS) is 19.9. The molecule has 8 heteroatoms. The molecule has 1 aromatic rings. The van der Waals surface area contributed by atoms with E-state index in [1.807, 2.05) is 31.2 Å². The molecule has 1 saturated heterocycles. The average Bonchev–Trinajstić information content (AvgIpc) is 2.90. The van der Waals surface area contributed by atoms with Gasteiger partial charge in [-0.25, -0.2) is 4.79 Å². The Morgan fingerprint density at radius 3 is 2.31 bits per heavy atom. The molecule has 0 saturated carbocycles. The first-order valence-electron chi connectivity index (χ1n) is 9.91. The summed E-state index contributed by atoms with van der Waals surface area (Å²) in [5.41, 5.74) is 0.535. The van der Waals surface area contributed by atoms with Gasteiger partial charge in [-0.2, -0.15) is 0 Å². The molecular weight excluding hydrogens is 372 g/mol. The maximum Gasteiger partial charge on any atom is 0.325 e. The maximum atomic E-state index is 12.9. The molecule has 5 amide bonds.